The predicted molar refractivity (Wildman–Crippen MR) is 125 cm³/mol. The maximum atomic E-state index is 12.7. The average Bonchev–Trinajstić information content (AvgIpc) is 3.27. The first-order valence-electron chi connectivity index (χ1n) is 9.86. The maximum absolute atomic E-state index is 12.7. The summed E-state index contributed by atoms with van der Waals surface area (Å²) in [6.45, 7) is 3.72. The van der Waals surface area contributed by atoms with E-state index in [1.807, 2.05) is 4.90 Å². The Balaban J connectivity index is 0.000000134. The zero-order chi connectivity index (χ0) is 21.9. The SMILES string of the molecule is Clc1nc2c(cc1I)N1CC[C@@H](C1)N2.FC(F)(F)c1cc2c(nc1Cl)N[C@H]1CCN2C1. The number of nitrogens with zero attached hydrogens (tertiary/aromatic N) is 4. The van der Waals surface area contributed by atoms with Crippen LogP contribution >= 0.6 is 45.8 Å². The van der Waals surface area contributed by atoms with E-state index in [0.717, 1.165) is 48.1 Å². The highest BCUT2D eigenvalue weighted by Crippen LogP contribution is 2.42. The first-order valence-corrected chi connectivity index (χ1v) is 11.7. The molecule has 2 aromatic rings. The zero-order valence-corrected chi connectivity index (χ0v) is 19.8. The van der Waals surface area contributed by atoms with Crippen molar-refractivity contribution >= 4 is 68.8 Å². The minimum Gasteiger partial charge on any atom is -0.366 e. The van der Waals surface area contributed by atoms with Gasteiger partial charge in [-0.3, -0.25) is 0 Å². The molecule has 2 fully saturated rings. The minimum atomic E-state index is -4.46. The second-order valence-corrected chi connectivity index (χ2v) is 9.85. The predicted octanol–water partition coefficient (Wildman–Crippen LogP) is 5.10. The summed E-state index contributed by atoms with van der Waals surface area (Å²) in [6, 6.07) is 4.02. The molecule has 2 N–H and O–H groups in total. The van der Waals surface area contributed by atoms with Gasteiger partial charge in [-0.05, 0) is 47.6 Å². The van der Waals surface area contributed by atoms with Crippen LogP contribution in [0.15, 0.2) is 12.1 Å². The van der Waals surface area contributed by atoms with Crippen LogP contribution in [0.25, 0.3) is 0 Å². The fourth-order valence-corrected chi connectivity index (χ4v) is 5.21. The molecular weight excluding hydrogens is 567 g/mol. The molecule has 4 aliphatic rings. The van der Waals surface area contributed by atoms with Crippen molar-refractivity contribution in [3.8, 4) is 0 Å². The van der Waals surface area contributed by atoms with Gasteiger partial charge in [0.25, 0.3) is 0 Å². The Morgan fingerprint density at radius 1 is 0.903 bits per heavy atom. The third kappa shape index (κ3) is 4.06. The van der Waals surface area contributed by atoms with Gasteiger partial charge in [-0.2, -0.15) is 13.2 Å². The van der Waals surface area contributed by atoms with Gasteiger partial charge in [-0.1, -0.05) is 23.2 Å². The van der Waals surface area contributed by atoms with E-state index in [9.17, 15) is 13.2 Å². The van der Waals surface area contributed by atoms with Gasteiger partial charge in [-0.25, -0.2) is 9.97 Å². The molecule has 0 unspecified atom stereocenters. The van der Waals surface area contributed by atoms with Crippen molar-refractivity contribution in [2.45, 2.75) is 31.1 Å². The van der Waals surface area contributed by atoms with Crippen LogP contribution in [0, 0.1) is 3.57 Å². The van der Waals surface area contributed by atoms with E-state index in [-0.39, 0.29) is 6.04 Å². The summed E-state index contributed by atoms with van der Waals surface area (Å²) in [7, 11) is 0. The van der Waals surface area contributed by atoms with Gasteiger partial charge >= 0.3 is 6.18 Å². The topological polar surface area (TPSA) is 56.3 Å². The van der Waals surface area contributed by atoms with Crippen molar-refractivity contribution in [1.29, 1.82) is 0 Å². The average molecular weight is 585 g/mol. The van der Waals surface area contributed by atoms with E-state index >= 15 is 0 Å². The summed E-state index contributed by atoms with van der Waals surface area (Å²) in [5.74, 6) is 1.40. The van der Waals surface area contributed by atoms with Gasteiger partial charge in [0.1, 0.15) is 10.3 Å². The monoisotopic (exact) mass is 584 g/mol. The van der Waals surface area contributed by atoms with Crippen LogP contribution < -0.4 is 20.4 Å². The first-order chi connectivity index (χ1) is 14.7. The van der Waals surface area contributed by atoms with Crippen molar-refractivity contribution in [3.63, 3.8) is 0 Å². The van der Waals surface area contributed by atoms with Crippen LogP contribution in [-0.4, -0.2) is 48.2 Å². The molecule has 2 saturated heterocycles. The molecule has 166 valence electrons. The third-order valence-corrected chi connectivity index (χ3v) is 7.63. The molecule has 2 atom stereocenters. The quantitative estimate of drug-likeness (QED) is 0.332. The number of alkyl halides is 3. The van der Waals surface area contributed by atoms with Gasteiger partial charge in [-0.15, -0.1) is 0 Å². The molecule has 0 spiro atoms. The van der Waals surface area contributed by atoms with Crippen LogP contribution in [-0.2, 0) is 6.18 Å². The van der Waals surface area contributed by atoms with Crippen LogP contribution in [0.2, 0.25) is 10.3 Å². The number of hydrogen-bond donors (Lipinski definition) is 2. The molecule has 0 radical (unpaired) electrons. The van der Waals surface area contributed by atoms with E-state index in [1.54, 1.807) is 0 Å². The molecule has 0 aliphatic carbocycles. The Bertz CT molecular complexity index is 1040. The van der Waals surface area contributed by atoms with E-state index < -0.39 is 16.9 Å². The number of aromatic nitrogens is 2. The van der Waals surface area contributed by atoms with Gasteiger partial charge in [0.05, 0.1) is 20.5 Å². The smallest absolute Gasteiger partial charge is 0.366 e. The lowest BCUT2D eigenvalue weighted by Gasteiger charge is -2.28. The first kappa shape index (κ1) is 21.4. The van der Waals surface area contributed by atoms with Gasteiger partial charge in [0.2, 0.25) is 0 Å². The number of pyridine rings is 2. The molecule has 0 saturated carbocycles. The highest BCUT2D eigenvalue weighted by Gasteiger charge is 2.38. The number of rotatable bonds is 0. The van der Waals surface area contributed by atoms with E-state index in [4.69, 9.17) is 23.2 Å². The van der Waals surface area contributed by atoms with Crippen molar-refractivity contribution in [3.05, 3.63) is 31.6 Å². The standard InChI is InChI=1S/C10H9ClF3N3.C9H9ClIN3/c11-8-6(10(12,13)14)3-7-9(16-8)15-5-1-2-17(7)4-5;10-8-6(11)3-7-9(13-8)12-5-1-2-14(7)4-5/h3,5H,1-2,4H2,(H,15,16);3,5H,1-2,4H2,(H,12,13)/t2*5-/m00/s1. The number of halogens is 6. The lowest BCUT2D eigenvalue weighted by atomic mass is 10.2. The Morgan fingerprint density at radius 2 is 1.42 bits per heavy atom. The minimum absolute atomic E-state index is 0.266. The second-order valence-electron chi connectivity index (χ2n) is 7.97. The number of hydrogen-bond acceptors (Lipinski definition) is 6. The zero-order valence-electron chi connectivity index (χ0n) is 16.1. The van der Waals surface area contributed by atoms with Crippen LogP contribution in [0.1, 0.15) is 18.4 Å². The van der Waals surface area contributed by atoms with Crippen LogP contribution in [0.3, 0.4) is 0 Å². The number of anilines is 4. The normalized spacial score (nSPS) is 22.8. The molecule has 6 nitrogen and oxygen atoms in total. The Kier molecular flexibility index (Phi) is 5.45. The largest absolute Gasteiger partial charge is 0.419 e. The Labute approximate surface area is 200 Å². The van der Waals surface area contributed by atoms with Crippen molar-refractivity contribution in [1.82, 2.24) is 9.97 Å². The molecule has 4 aliphatic heterocycles. The van der Waals surface area contributed by atoms with Gasteiger partial charge in [0, 0.05) is 38.3 Å². The molecule has 31 heavy (non-hydrogen) atoms. The van der Waals surface area contributed by atoms with Crippen LogP contribution in [0.5, 0.6) is 0 Å². The van der Waals surface area contributed by atoms with Crippen LogP contribution in [0.4, 0.5) is 36.2 Å². The highest BCUT2D eigenvalue weighted by molar-refractivity contribution is 14.1. The lowest BCUT2D eigenvalue weighted by Crippen LogP contribution is -2.32. The second kappa shape index (κ2) is 7.87. The van der Waals surface area contributed by atoms with E-state index in [1.165, 1.54) is 12.1 Å². The lowest BCUT2D eigenvalue weighted by molar-refractivity contribution is -0.137. The molecular formula is C19H18Cl2F3IN6. The Hall–Kier alpha value is -1.40. The third-order valence-electron chi connectivity index (χ3n) is 5.91. The summed E-state index contributed by atoms with van der Waals surface area (Å²) in [4.78, 5) is 12.5. The summed E-state index contributed by atoms with van der Waals surface area (Å²) < 4.78 is 39.1. The molecule has 2 aromatic heterocycles. The Morgan fingerprint density at radius 3 is 1.97 bits per heavy atom. The van der Waals surface area contributed by atoms with E-state index in [2.05, 4.69) is 54.2 Å². The number of fused-ring (bicyclic) bond motifs is 8. The van der Waals surface area contributed by atoms with Crippen molar-refractivity contribution < 1.29 is 13.2 Å². The van der Waals surface area contributed by atoms with Gasteiger partial charge in [0.15, 0.2) is 11.6 Å². The fraction of sp³-hybridized carbons (Fsp3) is 0.474. The molecule has 0 amide bonds. The molecule has 4 bridgehead atoms. The molecule has 6 rings (SSSR count). The van der Waals surface area contributed by atoms with Crippen molar-refractivity contribution in [2.24, 2.45) is 0 Å². The summed E-state index contributed by atoms with van der Waals surface area (Å²) in [5, 5.41) is 6.62. The number of nitrogens with one attached hydrogen (secondary N) is 2. The molecule has 12 heteroatoms. The van der Waals surface area contributed by atoms with Crippen molar-refractivity contribution in [2.75, 3.05) is 46.6 Å². The maximum Gasteiger partial charge on any atom is 0.419 e. The van der Waals surface area contributed by atoms with Gasteiger partial charge < -0.3 is 20.4 Å². The fourth-order valence-electron chi connectivity index (χ4n) is 4.41. The molecule has 0 aromatic carbocycles. The summed E-state index contributed by atoms with van der Waals surface area (Å²) >= 11 is 13.8. The molecule has 6 heterocycles. The summed E-state index contributed by atoms with van der Waals surface area (Å²) in [5.41, 5.74) is 0.827. The summed E-state index contributed by atoms with van der Waals surface area (Å²) in [6.07, 6.45) is -2.35. The highest BCUT2D eigenvalue weighted by atomic mass is 127. The van der Waals surface area contributed by atoms with E-state index in [0.29, 0.717) is 22.7 Å².